The van der Waals surface area contributed by atoms with Crippen molar-refractivity contribution in [3.63, 3.8) is 0 Å². The molecule has 2 N–H and O–H groups in total. The number of hydrogen-bond acceptors (Lipinski definition) is 5. The van der Waals surface area contributed by atoms with Gasteiger partial charge < -0.3 is 18.7 Å². The Labute approximate surface area is 327 Å². The highest BCUT2D eigenvalue weighted by atomic mass is 16.3. The summed E-state index contributed by atoms with van der Waals surface area (Å²) in [7, 11) is 0. The maximum absolute atomic E-state index is 6.66. The second kappa shape index (κ2) is 12.6. The van der Waals surface area contributed by atoms with Crippen LogP contribution in [0.3, 0.4) is 0 Å². The zero-order chi connectivity index (χ0) is 37.5. The Morgan fingerprint density at radius 2 is 1.11 bits per heavy atom. The van der Waals surface area contributed by atoms with Gasteiger partial charge in [-0.15, -0.1) is 0 Å². The molecule has 270 valence electrons. The minimum atomic E-state index is -0.283. The Morgan fingerprint density at radius 3 is 1.89 bits per heavy atom. The molecule has 11 aromatic rings. The predicted molar refractivity (Wildman–Crippen MR) is 232 cm³/mol. The number of hydrogen-bond donors (Lipinski definition) is 2. The summed E-state index contributed by atoms with van der Waals surface area (Å²) in [5, 5.41) is 14.2. The van der Waals surface area contributed by atoms with E-state index in [-0.39, 0.29) is 12.3 Å². The van der Waals surface area contributed by atoms with E-state index in [0.717, 1.165) is 83.2 Å². The molecule has 3 aromatic heterocycles. The summed E-state index contributed by atoms with van der Waals surface area (Å²) in [6.45, 7) is 0. The molecule has 0 spiro atoms. The van der Waals surface area contributed by atoms with Crippen LogP contribution in [0, 0.1) is 0 Å². The molecule has 0 bridgehead atoms. The number of para-hydroxylation sites is 2. The molecule has 0 aliphatic carbocycles. The normalized spacial score (nSPS) is 15.9. The molecule has 0 radical (unpaired) electrons. The van der Waals surface area contributed by atoms with E-state index in [1.807, 2.05) is 30.3 Å². The highest BCUT2D eigenvalue weighted by molar-refractivity contribution is 6.14. The maximum Gasteiger partial charge on any atom is 0.137 e. The summed E-state index contributed by atoms with van der Waals surface area (Å²) in [6.07, 6.45) is -0.398. The fourth-order valence-electron chi connectivity index (χ4n) is 8.82. The van der Waals surface area contributed by atoms with Gasteiger partial charge in [-0.2, -0.15) is 0 Å². The van der Waals surface area contributed by atoms with Gasteiger partial charge in [-0.05, 0) is 70.8 Å². The van der Waals surface area contributed by atoms with E-state index in [4.69, 9.17) is 13.8 Å². The van der Waals surface area contributed by atoms with Crippen LogP contribution in [0.5, 0.6) is 0 Å². The Kier molecular flexibility index (Phi) is 7.03. The zero-order valence-electron chi connectivity index (χ0n) is 30.7. The predicted octanol–water partition coefficient (Wildman–Crippen LogP) is 12.6. The molecule has 57 heavy (non-hydrogen) atoms. The summed E-state index contributed by atoms with van der Waals surface area (Å²) in [5.74, 6) is 0.851. The van der Waals surface area contributed by atoms with Crippen LogP contribution in [-0.4, -0.2) is 10.4 Å². The lowest BCUT2D eigenvalue weighted by Gasteiger charge is -2.32. The fourth-order valence-corrected chi connectivity index (χ4v) is 8.82. The van der Waals surface area contributed by atoms with Crippen LogP contribution in [0.15, 0.2) is 196 Å². The number of furan rings is 2. The van der Waals surface area contributed by atoms with Crippen LogP contribution in [0.2, 0.25) is 0 Å². The van der Waals surface area contributed by atoms with Crippen LogP contribution in [0.1, 0.15) is 29.0 Å². The lowest BCUT2D eigenvalue weighted by atomic mass is 9.97. The Hall–Kier alpha value is -7.41. The van der Waals surface area contributed by atoms with Gasteiger partial charge in [0.1, 0.15) is 40.5 Å². The minimum Gasteiger partial charge on any atom is -0.456 e. The molecule has 0 fully saturated rings. The maximum atomic E-state index is 6.66. The third kappa shape index (κ3) is 5.12. The monoisotopic (exact) mass is 734 g/mol. The van der Waals surface area contributed by atoms with Crippen molar-refractivity contribution in [2.24, 2.45) is 4.99 Å². The van der Waals surface area contributed by atoms with E-state index in [0.29, 0.717) is 0 Å². The Bertz CT molecular complexity index is 3320. The number of nitrogens with one attached hydrogen (secondary N) is 2. The fraction of sp³-hybridized carbons (Fsp3) is 0.0392. The van der Waals surface area contributed by atoms with Gasteiger partial charge in [0.15, 0.2) is 0 Å². The summed E-state index contributed by atoms with van der Waals surface area (Å²) in [6, 6.07) is 63.8. The van der Waals surface area contributed by atoms with Crippen LogP contribution in [-0.2, 0) is 0 Å². The van der Waals surface area contributed by atoms with Crippen molar-refractivity contribution in [2.75, 3.05) is 0 Å². The highest BCUT2D eigenvalue weighted by Crippen LogP contribution is 2.41. The second-order valence-corrected chi connectivity index (χ2v) is 14.8. The van der Waals surface area contributed by atoms with Crippen molar-refractivity contribution in [3.05, 3.63) is 199 Å². The standard InChI is InChI=1S/C51H34N4O2/c1-3-12-31(13-4-1)49-52-50(32-14-5-2-6-15-32)54-51(53-49)34-23-26-41-46(29-34)56-44-21-11-18-36(48(41)44)33-22-25-39-40-27-24-35(30-47(40)57-45(39)28-33)55-42-19-9-7-16-37(42)38-17-8-10-20-43(38)55/h1-30,49,51,53H,(H,52,54). The molecule has 1 aliphatic heterocycles. The Morgan fingerprint density at radius 1 is 0.456 bits per heavy atom. The Balaban J connectivity index is 0.934. The summed E-state index contributed by atoms with van der Waals surface area (Å²) in [5.41, 5.74) is 12.2. The molecule has 2 atom stereocenters. The zero-order valence-corrected chi connectivity index (χ0v) is 30.7. The summed E-state index contributed by atoms with van der Waals surface area (Å²) < 4.78 is 15.6. The van der Waals surface area contributed by atoms with E-state index < -0.39 is 0 Å². The van der Waals surface area contributed by atoms with E-state index in [1.54, 1.807) is 0 Å². The van der Waals surface area contributed by atoms with Crippen molar-refractivity contribution < 1.29 is 8.83 Å². The van der Waals surface area contributed by atoms with Crippen LogP contribution in [0.25, 0.3) is 82.5 Å². The van der Waals surface area contributed by atoms with Gasteiger partial charge in [-0.3, -0.25) is 5.32 Å². The van der Waals surface area contributed by atoms with Gasteiger partial charge >= 0.3 is 0 Å². The second-order valence-electron chi connectivity index (χ2n) is 14.8. The third-order valence-corrected chi connectivity index (χ3v) is 11.5. The van der Waals surface area contributed by atoms with Gasteiger partial charge in [0.2, 0.25) is 0 Å². The lowest BCUT2D eigenvalue weighted by molar-refractivity contribution is 0.409. The molecule has 4 heterocycles. The van der Waals surface area contributed by atoms with Crippen molar-refractivity contribution >= 4 is 71.5 Å². The first-order valence-corrected chi connectivity index (χ1v) is 19.3. The number of amidine groups is 1. The van der Waals surface area contributed by atoms with Crippen molar-refractivity contribution in [1.29, 1.82) is 0 Å². The first-order chi connectivity index (χ1) is 28.2. The molecule has 0 amide bonds. The minimum absolute atomic E-state index is 0.115. The largest absolute Gasteiger partial charge is 0.456 e. The van der Waals surface area contributed by atoms with Crippen LogP contribution < -0.4 is 10.6 Å². The average Bonchev–Trinajstić information content (AvgIpc) is 3.95. The first kappa shape index (κ1) is 31.9. The van der Waals surface area contributed by atoms with Crippen molar-refractivity contribution in [2.45, 2.75) is 12.3 Å². The molecule has 6 nitrogen and oxygen atoms in total. The number of aromatic nitrogens is 1. The van der Waals surface area contributed by atoms with Gasteiger partial charge in [0.25, 0.3) is 0 Å². The van der Waals surface area contributed by atoms with Gasteiger partial charge in [-0.25, -0.2) is 4.99 Å². The molecule has 8 aromatic carbocycles. The van der Waals surface area contributed by atoms with E-state index in [1.165, 1.54) is 21.8 Å². The number of rotatable bonds is 5. The van der Waals surface area contributed by atoms with Crippen LogP contribution >= 0.6 is 0 Å². The summed E-state index contributed by atoms with van der Waals surface area (Å²) in [4.78, 5) is 5.16. The third-order valence-electron chi connectivity index (χ3n) is 11.5. The van der Waals surface area contributed by atoms with Gasteiger partial charge in [0.05, 0.1) is 11.0 Å². The molecule has 0 saturated heterocycles. The topological polar surface area (TPSA) is 67.6 Å². The molecule has 2 unspecified atom stereocenters. The lowest BCUT2D eigenvalue weighted by Crippen LogP contribution is -2.44. The molecule has 1 aliphatic rings. The summed E-state index contributed by atoms with van der Waals surface area (Å²) >= 11 is 0. The average molecular weight is 735 g/mol. The van der Waals surface area contributed by atoms with Crippen molar-refractivity contribution in [3.8, 4) is 16.8 Å². The van der Waals surface area contributed by atoms with Gasteiger partial charge in [-0.1, -0.05) is 127 Å². The molecular formula is C51H34N4O2. The smallest absolute Gasteiger partial charge is 0.137 e. The van der Waals surface area contributed by atoms with E-state index in [2.05, 4.69) is 167 Å². The SMILES string of the molecule is c1ccc(C2=NC(c3ccc4c(c3)oc3cccc(-c5ccc6c(c5)oc5cc(-n7c8ccccc8c8ccccc87)ccc56)c34)NC(c3ccccc3)N2)cc1. The molecular weight excluding hydrogens is 701 g/mol. The molecule has 6 heteroatoms. The molecule has 0 saturated carbocycles. The highest BCUT2D eigenvalue weighted by Gasteiger charge is 2.26. The number of fused-ring (bicyclic) bond motifs is 9. The number of aliphatic imine (C=N–C) groups is 1. The number of benzene rings is 8. The quantitative estimate of drug-likeness (QED) is 0.185. The molecule has 12 rings (SSSR count). The first-order valence-electron chi connectivity index (χ1n) is 19.3. The van der Waals surface area contributed by atoms with E-state index in [9.17, 15) is 0 Å². The number of nitrogens with zero attached hydrogens (tertiary/aromatic N) is 2. The van der Waals surface area contributed by atoms with Crippen molar-refractivity contribution in [1.82, 2.24) is 15.2 Å². The van der Waals surface area contributed by atoms with Crippen LogP contribution in [0.4, 0.5) is 0 Å². The van der Waals surface area contributed by atoms with E-state index >= 15 is 0 Å². The van der Waals surface area contributed by atoms with Gasteiger partial charge in [0, 0.05) is 49.6 Å².